The fraction of sp³-hybridized carbons (Fsp3) is 0.625. The van der Waals surface area contributed by atoms with Crippen molar-refractivity contribution in [3.8, 4) is 5.75 Å². The van der Waals surface area contributed by atoms with E-state index in [0.29, 0.717) is 6.61 Å². The summed E-state index contributed by atoms with van der Waals surface area (Å²) in [6.45, 7) is 0.577. The minimum absolute atomic E-state index is 0.148. The molecule has 3 rings (SSSR count). The quantitative estimate of drug-likeness (QED) is 0.818. The Hall–Kier alpha value is -1.09. The third-order valence-electron chi connectivity index (χ3n) is 4.35. The minimum atomic E-state index is -0.231. The standard InChI is InChI=1S/C16H21FO2/c17-13-4-6-14(7-5-13)18-12-15-8-11-16(19-15)9-2-1-3-10-16/h4-7,15H,1-3,8-12H2. The Morgan fingerprint density at radius 1 is 1.11 bits per heavy atom. The average Bonchev–Trinajstić information content (AvgIpc) is 2.82. The Morgan fingerprint density at radius 3 is 2.58 bits per heavy atom. The molecule has 0 bridgehead atoms. The van der Waals surface area contributed by atoms with Gasteiger partial charge >= 0.3 is 0 Å². The maximum absolute atomic E-state index is 12.8. The van der Waals surface area contributed by atoms with Crippen molar-refractivity contribution in [3.63, 3.8) is 0 Å². The van der Waals surface area contributed by atoms with Crippen molar-refractivity contribution in [2.45, 2.75) is 56.7 Å². The van der Waals surface area contributed by atoms with Gasteiger partial charge in [-0.2, -0.15) is 0 Å². The molecule has 1 atom stereocenters. The predicted molar refractivity (Wildman–Crippen MR) is 71.8 cm³/mol. The zero-order chi connectivity index (χ0) is 13.1. The summed E-state index contributed by atoms with van der Waals surface area (Å²) < 4.78 is 24.7. The average molecular weight is 264 g/mol. The molecule has 3 heteroatoms. The van der Waals surface area contributed by atoms with Crippen LogP contribution in [-0.4, -0.2) is 18.3 Å². The lowest BCUT2D eigenvalue weighted by atomic mass is 9.83. The van der Waals surface area contributed by atoms with Crippen LogP contribution in [0.4, 0.5) is 4.39 Å². The minimum Gasteiger partial charge on any atom is -0.491 e. The zero-order valence-corrected chi connectivity index (χ0v) is 11.2. The first-order valence-corrected chi connectivity index (χ1v) is 7.32. The highest BCUT2D eigenvalue weighted by Crippen LogP contribution is 2.41. The molecule has 104 valence electrons. The third-order valence-corrected chi connectivity index (χ3v) is 4.35. The normalized spacial score (nSPS) is 25.6. The number of hydrogen-bond donors (Lipinski definition) is 0. The van der Waals surface area contributed by atoms with Crippen LogP contribution in [0.3, 0.4) is 0 Å². The summed E-state index contributed by atoms with van der Waals surface area (Å²) in [5.74, 6) is 0.486. The molecule has 19 heavy (non-hydrogen) atoms. The van der Waals surface area contributed by atoms with Gasteiger partial charge in [-0.3, -0.25) is 0 Å². The zero-order valence-electron chi connectivity index (χ0n) is 11.2. The monoisotopic (exact) mass is 264 g/mol. The number of ether oxygens (including phenoxy) is 2. The Labute approximate surface area is 113 Å². The van der Waals surface area contributed by atoms with Crippen LogP contribution in [0.5, 0.6) is 5.75 Å². The van der Waals surface area contributed by atoms with Gasteiger partial charge < -0.3 is 9.47 Å². The van der Waals surface area contributed by atoms with Crippen LogP contribution in [0.25, 0.3) is 0 Å². The lowest BCUT2D eigenvalue weighted by Crippen LogP contribution is -2.32. The molecular formula is C16H21FO2. The van der Waals surface area contributed by atoms with Crippen LogP contribution in [0.2, 0.25) is 0 Å². The van der Waals surface area contributed by atoms with Gasteiger partial charge in [-0.05, 0) is 49.9 Å². The summed E-state index contributed by atoms with van der Waals surface area (Å²) in [5, 5.41) is 0. The van der Waals surface area contributed by atoms with E-state index in [1.54, 1.807) is 12.1 Å². The van der Waals surface area contributed by atoms with E-state index in [9.17, 15) is 4.39 Å². The fourth-order valence-corrected chi connectivity index (χ4v) is 3.30. The predicted octanol–water partition coefficient (Wildman–Crippen LogP) is 4.09. The van der Waals surface area contributed by atoms with Gasteiger partial charge in [-0.15, -0.1) is 0 Å². The van der Waals surface area contributed by atoms with Gasteiger partial charge in [0.05, 0.1) is 11.7 Å². The van der Waals surface area contributed by atoms with Crippen molar-refractivity contribution in [3.05, 3.63) is 30.1 Å². The Kier molecular flexibility index (Phi) is 3.74. The maximum atomic E-state index is 12.8. The van der Waals surface area contributed by atoms with Gasteiger partial charge in [0, 0.05) is 0 Å². The number of hydrogen-bond acceptors (Lipinski definition) is 2. The Morgan fingerprint density at radius 2 is 1.84 bits per heavy atom. The maximum Gasteiger partial charge on any atom is 0.123 e. The molecule has 1 aliphatic heterocycles. The molecular weight excluding hydrogens is 243 g/mol. The lowest BCUT2D eigenvalue weighted by molar-refractivity contribution is -0.0748. The second-order valence-corrected chi connectivity index (χ2v) is 5.79. The van der Waals surface area contributed by atoms with Crippen LogP contribution in [0.15, 0.2) is 24.3 Å². The van der Waals surface area contributed by atoms with Gasteiger partial charge in [0.1, 0.15) is 18.2 Å². The van der Waals surface area contributed by atoms with E-state index < -0.39 is 0 Å². The first-order valence-electron chi connectivity index (χ1n) is 7.32. The van der Waals surface area contributed by atoms with Crippen molar-refractivity contribution in [2.24, 2.45) is 0 Å². The molecule has 2 nitrogen and oxygen atoms in total. The van der Waals surface area contributed by atoms with E-state index in [1.165, 1.54) is 50.7 Å². The SMILES string of the molecule is Fc1ccc(OCC2CCC3(CCCCC3)O2)cc1. The highest BCUT2D eigenvalue weighted by atomic mass is 19.1. The molecule has 2 fully saturated rings. The van der Waals surface area contributed by atoms with Crippen molar-refractivity contribution in [1.82, 2.24) is 0 Å². The van der Waals surface area contributed by atoms with Crippen molar-refractivity contribution in [2.75, 3.05) is 6.61 Å². The summed E-state index contributed by atoms with van der Waals surface area (Å²) in [7, 11) is 0. The lowest BCUT2D eigenvalue weighted by Gasteiger charge is -2.33. The highest BCUT2D eigenvalue weighted by molar-refractivity contribution is 5.22. The van der Waals surface area contributed by atoms with E-state index in [4.69, 9.17) is 9.47 Å². The van der Waals surface area contributed by atoms with Gasteiger partial charge in [-0.25, -0.2) is 4.39 Å². The molecule has 1 unspecified atom stereocenters. The van der Waals surface area contributed by atoms with Crippen molar-refractivity contribution in [1.29, 1.82) is 0 Å². The molecule has 1 aliphatic carbocycles. The van der Waals surface area contributed by atoms with E-state index in [2.05, 4.69) is 0 Å². The summed E-state index contributed by atoms with van der Waals surface area (Å²) in [5.41, 5.74) is 0.148. The highest BCUT2D eigenvalue weighted by Gasteiger charge is 2.40. The molecule has 0 N–H and O–H groups in total. The molecule has 0 amide bonds. The molecule has 0 aromatic heterocycles. The van der Waals surface area contributed by atoms with Crippen LogP contribution in [0, 0.1) is 5.82 Å². The second kappa shape index (κ2) is 5.49. The summed E-state index contributed by atoms with van der Waals surface area (Å²) in [6.07, 6.45) is 8.81. The molecule has 1 heterocycles. The summed E-state index contributed by atoms with van der Waals surface area (Å²) in [6, 6.07) is 6.18. The number of benzene rings is 1. The summed E-state index contributed by atoms with van der Waals surface area (Å²) >= 11 is 0. The van der Waals surface area contributed by atoms with Crippen LogP contribution >= 0.6 is 0 Å². The largest absolute Gasteiger partial charge is 0.491 e. The van der Waals surface area contributed by atoms with Gasteiger partial charge in [0.2, 0.25) is 0 Å². The topological polar surface area (TPSA) is 18.5 Å². The Balaban J connectivity index is 1.50. The smallest absolute Gasteiger partial charge is 0.123 e. The van der Waals surface area contributed by atoms with E-state index in [1.807, 2.05) is 0 Å². The second-order valence-electron chi connectivity index (χ2n) is 5.79. The fourth-order valence-electron chi connectivity index (χ4n) is 3.30. The molecule has 0 radical (unpaired) electrons. The van der Waals surface area contributed by atoms with Crippen LogP contribution < -0.4 is 4.74 Å². The van der Waals surface area contributed by atoms with E-state index in [-0.39, 0.29) is 17.5 Å². The first-order chi connectivity index (χ1) is 9.26. The Bertz CT molecular complexity index is 409. The van der Waals surface area contributed by atoms with Crippen molar-refractivity contribution >= 4 is 0 Å². The molecule has 2 aliphatic rings. The van der Waals surface area contributed by atoms with Crippen molar-refractivity contribution < 1.29 is 13.9 Å². The first kappa shape index (κ1) is 12.9. The van der Waals surface area contributed by atoms with Gasteiger partial charge in [0.15, 0.2) is 0 Å². The molecule has 1 spiro atoms. The molecule has 1 saturated heterocycles. The third kappa shape index (κ3) is 3.08. The molecule has 1 aromatic rings. The van der Waals surface area contributed by atoms with Gasteiger partial charge in [0.25, 0.3) is 0 Å². The van der Waals surface area contributed by atoms with E-state index in [0.717, 1.165) is 12.2 Å². The molecule has 1 saturated carbocycles. The molecule has 1 aromatic carbocycles. The van der Waals surface area contributed by atoms with E-state index >= 15 is 0 Å². The summed E-state index contributed by atoms with van der Waals surface area (Å²) in [4.78, 5) is 0. The van der Waals surface area contributed by atoms with Crippen LogP contribution in [0.1, 0.15) is 44.9 Å². The van der Waals surface area contributed by atoms with Gasteiger partial charge in [-0.1, -0.05) is 19.3 Å². The van der Waals surface area contributed by atoms with Crippen LogP contribution in [-0.2, 0) is 4.74 Å². The number of rotatable bonds is 3. The number of halogens is 1.